The number of hydrogen-bond acceptors (Lipinski definition) is 2. The molecular weight excluding hydrogens is 212 g/mol. The van der Waals surface area contributed by atoms with Crippen LogP contribution in [0, 0.1) is 0 Å². The molecule has 0 aromatic heterocycles. The van der Waals surface area contributed by atoms with E-state index in [2.05, 4.69) is 13.2 Å². The molecule has 0 aromatic carbocycles. The molecule has 0 amide bonds. The fraction of sp³-hybridized carbons (Fsp3) is 0.267. The van der Waals surface area contributed by atoms with Crippen molar-refractivity contribution in [2.75, 3.05) is 6.61 Å². The molecular formula is C15H20O2. The first-order valence-electron chi connectivity index (χ1n) is 5.63. The predicted molar refractivity (Wildman–Crippen MR) is 72.6 cm³/mol. The van der Waals surface area contributed by atoms with E-state index in [9.17, 15) is 4.79 Å². The van der Waals surface area contributed by atoms with Gasteiger partial charge in [0.05, 0.1) is 0 Å². The first-order valence-corrected chi connectivity index (χ1v) is 5.63. The van der Waals surface area contributed by atoms with Gasteiger partial charge in [0.2, 0.25) is 0 Å². The van der Waals surface area contributed by atoms with Crippen molar-refractivity contribution in [3.63, 3.8) is 0 Å². The first kappa shape index (κ1) is 15.2. The van der Waals surface area contributed by atoms with E-state index in [4.69, 9.17) is 4.74 Å². The molecule has 2 heteroatoms. The minimum absolute atomic E-state index is 0.200. The smallest absolute Gasteiger partial charge is 0.305 e. The molecule has 0 unspecified atom stereocenters. The summed E-state index contributed by atoms with van der Waals surface area (Å²) >= 11 is 0. The molecule has 0 N–H and O–H groups in total. The van der Waals surface area contributed by atoms with Crippen LogP contribution in [0.4, 0.5) is 0 Å². The third-order valence-corrected chi connectivity index (χ3v) is 2.03. The third kappa shape index (κ3) is 6.36. The van der Waals surface area contributed by atoms with Gasteiger partial charge in [-0.1, -0.05) is 50.5 Å². The van der Waals surface area contributed by atoms with E-state index < -0.39 is 0 Å². The van der Waals surface area contributed by atoms with Crippen molar-refractivity contribution in [3.05, 3.63) is 60.8 Å². The maximum absolute atomic E-state index is 11.0. The lowest BCUT2D eigenvalue weighted by Gasteiger charge is -2.04. The molecule has 0 saturated carbocycles. The van der Waals surface area contributed by atoms with Crippen molar-refractivity contribution in [1.82, 2.24) is 0 Å². The van der Waals surface area contributed by atoms with Gasteiger partial charge in [-0.05, 0) is 24.1 Å². The highest BCUT2D eigenvalue weighted by atomic mass is 16.5. The molecule has 0 atom stereocenters. The van der Waals surface area contributed by atoms with Gasteiger partial charge in [0.25, 0.3) is 0 Å². The summed E-state index contributed by atoms with van der Waals surface area (Å²) in [7, 11) is 0. The number of allylic oxidation sites excluding steroid dienone is 7. The van der Waals surface area contributed by atoms with Crippen molar-refractivity contribution in [2.24, 2.45) is 0 Å². The Bertz CT molecular complexity index is 357. The molecule has 0 saturated heterocycles. The van der Waals surface area contributed by atoms with E-state index in [1.807, 2.05) is 31.2 Å². The Labute approximate surface area is 104 Å². The van der Waals surface area contributed by atoms with Crippen LogP contribution in [0.1, 0.15) is 20.3 Å². The van der Waals surface area contributed by atoms with E-state index in [-0.39, 0.29) is 12.6 Å². The molecule has 0 aliphatic carbocycles. The highest BCUT2D eigenvalue weighted by molar-refractivity contribution is 5.69. The van der Waals surface area contributed by atoms with Crippen molar-refractivity contribution < 1.29 is 9.53 Å². The minimum Gasteiger partial charge on any atom is -0.461 e. The molecule has 0 fully saturated rings. The summed E-state index contributed by atoms with van der Waals surface area (Å²) in [4.78, 5) is 11.0. The van der Waals surface area contributed by atoms with Crippen LogP contribution >= 0.6 is 0 Å². The third-order valence-electron chi connectivity index (χ3n) is 2.03. The van der Waals surface area contributed by atoms with Gasteiger partial charge in [-0.2, -0.15) is 0 Å². The Balaban J connectivity index is 4.77. The zero-order valence-electron chi connectivity index (χ0n) is 10.6. The van der Waals surface area contributed by atoms with Gasteiger partial charge in [0.15, 0.2) is 0 Å². The highest BCUT2D eigenvalue weighted by Gasteiger charge is 1.99. The second kappa shape index (κ2) is 9.40. The number of carbonyl (C=O) groups is 1. The van der Waals surface area contributed by atoms with E-state index in [0.717, 1.165) is 11.1 Å². The van der Waals surface area contributed by atoms with E-state index in [1.165, 1.54) is 0 Å². The average Bonchev–Trinajstić information content (AvgIpc) is 2.34. The summed E-state index contributed by atoms with van der Waals surface area (Å²) < 4.78 is 5.00. The van der Waals surface area contributed by atoms with Crippen molar-refractivity contribution in [3.8, 4) is 0 Å². The second-order valence-electron chi connectivity index (χ2n) is 3.26. The number of esters is 1. The van der Waals surface area contributed by atoms with Gasteiger partial charge in [0, 0.05) is 6.42 Å². The molecule has 0 bridgehead atoms. The summed E-state index contributed by atoms with van der Waals surface area (Å²) in [6, 6.07) is 0. The first-order chi connectivity index (χ1) is 8.19. The molecule has 0 spiro atoms. The van der Waals surface area contributed by atoms with Crippen LogP contribution in [0.25, 0.3) is 0 Å². The van der Waals surface area contributed by atoms with E-state index in [1.54, 1.807) is 19.1 Å². The summed E-state index contributed by atoms with van der Waals surface area (Å²) in [6.45, 7) is 11.4. The van der Waals surface area contributed by atoms with Crippen molar-refractivity contribution in [2.45, 2.75) is 20.3 Å². The fourth-order valence-electron chi connectivity index (χ4n) is 1.20. The summed E-state index contributed by atoms with van der Waals surface area (Å²) in [5, 5.41) is 0. The van der Waals surface area contributed by atoms with Crippen LogP contribution in [-0.4, -0.2) is 12.6 Å². The maximum atomic E-state index is 11.0. The number of hydrogen-bond donors (Lipinski definition) is 0. The van der Waals surface area contributed by atoms with E-state index >= 15 is 0 Å². The molecule has 92 valence electrons. The fourth-order valence-corrected chi connectivity index (χ4v) is 1.20. The van der Waals surface area contributed by atoms with Gasteiger partial charge in [-0.15, -0.1) is 0 Å². The molecule has 0 heterocycles. The largest absolute Gasteiger partial charge is 0.461 e. The van der Waals surface area contributed by atoms with Gasteiger partial charge < -0.3 is 4.74 Å². The van der Waals surface area contributed by atoms with Crippen molar-refractivity contribution in [1.29, 1.82) is 0 Å². The van der Waals surface area contributed by atoms with Crippen LogP contribution in [0.5, 0.6) is 0 Å². The van der Waals surface area contributed by atoms with Crippen LogP contribution in [0.2, 0.25) is 0 Å². The Morgan fingerprint density at radius 1 is 1.29 bits per heavy atom. The number of rotatable bonds is 7. The standard InChI is InChI=1S/C15H20O2/c1-5-9-13(7-3)14(10-6-2)11-12-17-15(16)8-4/h5-7,9-11H,1,3,8,12H2,2,4H3/b10-6-,13-9-,14-11-. The Kier molecular flexibility index (Phi) is 8.39. The van der Waals surface area contributed by atoms with E-state index in [0.29, 0.717) is 6.42 Å². The van der Waals surface area contributed by atoms with Crippen LogP contribution in [0.3, 0.4) is 0 Å². The molecule has 0 aliphatic rings. The zero-order chi connectivity index (χ0) is 13.1. The minimum atomic E-state index is -0.200. The van der Waals surface area contributed by atoms with Gasteiger partial charge in [0.1, 0.15) is 6.61 Å². The summed E-state index contributed by atoms with van der Waals surface area (Å²) in [6.07, 6.45) is 11.4. The monoisotopic (exact) mass is 232 g/mol. The summed E-state index contributed by atoms with van der Waals surface area (Å²) in [5.41, 5.74) is 1.91. The zero-order valence-corrected chi connectivity index (χ0v) is 10.6. The molecule has 2 nitrogen and oxygen atoms in total. The van der Waals surface area contributed by atoms with Crippen LogP contribution < -0.4 is 0 Å². The molecule has 0 rings (SSSR count). The van der Waals surface area contributed by atoms with Gasteiger partial charge >= 0.3 is 5.97 Å². The number of carbonyl (C=O) groups excluding carboxylic acids is 1. The Morgan fingerprint density at radius 2 is 2.00 bits per heavy atom. The predicted octanol–water partition coefficient (Wildman–Crippen LogP) is 3.74. The maximum Gasteiger partial charge on any atom is 0.305 e. The highest BCUT2D eigenvalue weighted by Crippen LogP contribution is 2.13. The molecule has 17 heavy (non-hydrogen) atoms. The van der Waals surface area contributed by atoms with Gasteiger partial charge in [-0.3, -0.25) is 4.79 Å². The molecule has 0 aliphatic heterocycles. The normalized spacial score (nSPS) is 12.6. The Morgan fingerprint density at radius 3 is 2.47 bits per heavy atom. The van der Waals surface area contributed by atoms with Crippen LogP contribution in [-0.2, 0) is 9.53 Å². The van der Waals surface area contributed by atoms with Crippen molar-refractivity contribution >= 4 is 5.97 Å². The van der Waals surface area contributed by atoms with Gasteiger partial charge in [-0.25, -0.2) is 0 Å². The summed E-state index contributed by atoms with van der Waals surface area (Å²) in [5.74, 6) is -0.200. The second-order valence-corrected chi connectivity index (χ2v) is 3.26. The number of ether oxygens (including phenoxy) is 1. The Hall–Kier alpha value is -1.83. The lowest BCUT2D eigenvalue weighted by molar-refractivity contribution is -0.141. The molecule has 0 aromatic rings. The topological polar surface area (TPSA) is 26.3 Å². The lowest BCUT2D eigenvalue weighted by Crippen LogP contribution is -2.02. The quantitative estimate of drug-likeness (QED) is 0.493. The lowest BCUT2D eigenvalue weighted by atomic mass is 10.0. The SMILES string of the molecule is C=C\C=C(C=C)/C(/C=C\C)=C\COC(=O)CC. The van der Waals surface area contributed by atoms with Crippen LogP contribution in [0.15, 0.2) is 60.8 Å². The average molecular weight is 232 g/mol. The molecule has 0 radical (unpaired) electrons.